The number of nitrogens with one attached hydrogen (secondary N) is 1. The number of aromatic nitrogens is 2. The SMILES string of the molecule is CCN(CC)S(=O)(=O)c1cccc(-c2nnc(SCC(=O)Nc3ccc([N+](=O)[O-])cc3C#N)o2)c1. The van der Waals surface area contributed by atoms with Gasteiger partial charge in [-0.25, -0.2) is 8.42 Å². The minimum atomic E-state index is -3.66. The van der Waals surface area contributed by atoms with Crippen LogP contribution in [-0.2, 0) is 14.8 Å². The predicted octanol–water partition coefficient (Wildman–Crippen LogP) is 3.28. The van der Waals surface area contributed by atoms with Crippen LogP contribution >= 0.6 is 11.8 Å². The van der Waals surface area contributed by atoms with Gasteiger partial charge in [0.2, 0.25) is 21.8 Å². The van der Waals surface area contributed by atoms with Crippen LogP contribution in [0.25, 0.3) is 11.5 Å². The summed E-state index contributed by atoms with van der Waals surface area (Å²) in [5.74, 6) is -0.543. The molecular formula is C21H20N6O6S2. The number of hydrogen-bond donors (Lipinski definition) is 1. The van der Waals surface area contributed by atoms with Crippen molar-refractivity contribution in [2.45, 2.75) is 24.0 Å². The monoisotopic (exact) mass is 516 g/mol. The van der Waals surface area contributed by atoms with Gasteiger partial charge in [0.25, 0.3) is 10.9 Å². The Morgan fingerprint density at radius 2 is 1.97 bits per heavy atom. The first-order chi connectivity index (χ1) is 16.7. The molecule has 0 unspecified atom stereocenters. The lowest BCUT2D eigenvalue weighted by Crippen LogP contribution is -2.30. The van der Waals surface area contributed by atoms with E-state index in [0.717, 1.165) is 17.8 Å². The number of anilines is 1. The van der Waals surface area contributed by atoms with Crippen molar-refractivity contribution in [2.75, 3.05) is 24.2 Å². The van der Waals surface area contributed by atoms with Gasteiger partial charge in [0.05, 0.1) is 26.8 Å². The number of carbonyl (C=O) groups is 1. The largest absolute Gasteiger partial charge is 0.411 e. The van der Waals surface area contributed by atoms with Gasteiger partial charge >= 0.3 is 0 Å². The molecular weight excluding hydrogens is 496 g/mol. The fourth-order valence-electron chi connectivity index (χ4n) is 3.05. The Morgan fingerprint density at radius 1 is 1.23 bits per heavy atom. The average molecular weight is 517 g/mol. The molecule has 1 heterocycles. The minimum absolute atomic E-state index is 0.0443. The molecule has 1 amide bonds. The van der Waals surface area contributed by atoms with Crippen molar-refractivity contribution in [1.29, 1.82) is 5.26 Å². The fourth-order valence-corrected chi connectivity index (χ4v) is 5.12. The molecule has 0 radical (unpaired) electrons. The molecule has 0 saturated heterocycles. The summed E-state index contributed by atoms with van der Waals surface area (Å²) >= 11 is 0.937. The molecule has 0 aliphatic rings. The summed E-state index contributed by atoms with van der Waals surface area (Å²) in [4.78, 5) is 22.6. The van der Waals surface area contributed by atoms with E-state index in [0.29, 0.717) is 18.7 Å². The van der Waals surface area contributed by atoms with E-state index in [-0.39, 0.29) is 38.7 Å². The summed E-state index contributed by atoms with van der Waals surface area (Å²) in [7, 11) is -3.66. The van der Waals surface area contributed by atoms with Gasteiger partial charge in [-0.15, -0.1) is 10.2 Å². The molecule has 2 aromatic carbocycles. The molecule has 35 heavy (non-hydrogen) atoms. The number of thioether (sulfide) groups is 1. The third-order valence-corrected chi connectivity index (χ3v) is 7.63. The molecule has 0 aliphatic carbocycles. The summed E-state index contributed by atoms with van der Waals surface area (Å²) in [5.41, 5.74) is 0.242. The first-order valence-electron chi connectivity index (χ1n) is 10.2. The van der Waals surface area contributed by atoms with Crippen LogP contribution in [-0.4, -0.2) is 52.6 Å². The summed E-state index contributed by atoms with van der Waals surface area (Å²) in [6, 6.07) is 11.5. The quantitative estimate of drug-likeness (QED) is 0.239. The maximum absolute atomic E-state index is 12.8. The van der Waals surface area contributed by atoms with Crippen LogP contribution in [0.2, 0.25) is 0 Å². The van der Waals surface area contributed by atoms with Gasteiger partial charge in [-0.1, -0.05) is 31.7 Å². The van der Waals surface area contributed by atoms with E-state index in [1.807, 2.05) is 6.07 Å². The highest BCUT2D eigenvalue weighted by Crippen LogP contribution is 2.27. The lowest BCUT2D eigenvalue weighted by atomic mass is 10.1. The van der Waals surface area contributed by atoms with E-state index in [1.165, 1.54) is 28.6 Å². The van der Waals surface area contributed by atoms with Crippen LogP contribution in [0.5, 0.6) is 0 Å². The third kappa shape index (κ3) is 6.01. The number of amides is 1. The van der Waals surface area contributed by atoms with Crippen LogP contribution in [0.1, 0.15) is 19.4 Å². The van der Waals surface area contributed by atoms with Gasteiger partial charge in [-0.3, -0.25) is 14.9 Å². The van der Waals surface area contributed by atoms with E-state index >= 15 is 0 Å². The number of nitriles is 1. The van der Waals surface area contributed by atoms with E-state index in [1.54, 1.807) is 26.0 Å². The number of nitro groups is 1. The third-order valence-electron chi connectivity index (χ3n) is 4.77. The van der Waals surface area contributed by atoms with Crippen molar-refractivity contribution < 1.29 is 22.6 Å². The minimum Gasteiger partial charge on any atom is -0.411 e. The number of nitrogens with zero attached hydrogens (tertiary/aromatic N) is 5. The highest BCUT2D eigenvalue weighted by atomic mass is 32.2. The Balaban J connectivity index is 1.68. The Morgan fingerprint density at radius 3 is 2.63 bits per heavy atom. The maximum atomic E-state index is 12.8. The van der Waals surface area contributed by atoms with Gasteiger partial charge in [-0.2, -0.15) is 9.57 Å². The molecule has 3 rings (SSSR count). The Hall–Kier alpha value is -3.80. The average Bonchev–Trinajstić information content (AvgIpc) is 3.33. The zero-order valence-electron chi connectivity index (χ0n) is 18.7. The lowest BCUT2D eigenvalue weighted by Gasteiger charge is -2.18. The van der Waals surface area contributed by atoms with Crippen LogP contribution in [0.3, 0.4) is 0 Å². The second-order valence-electron chi connectivity index (χ2n) is 6.93. The molecule has 1 N–H and O–H groups in total. The standard InChI is InChI=1S/C21H20N6O6S2/c1-3-26(4-2)35(31,32)17-7-5-6-14(11-17)20-24-25-21(33-20)34-13-19(28)23-18-9-8-16(27(29)30)10-15(18)12-22/h5-11H,3-4,13H2,1-2H3,(H,23,28). The van der Waals surface area contributed by atoms with Crippen LogP contribution in [0, 0.1) is 21.4 Å². The fraction of sp³-hybridized carbons (Fsp3) is 0.238. The maximum Gasteiger partial charge on any atom is 0.277 e. The zero-order chi connectivity index (χ0) is 25.6. The Bertz CT molecular complexity index is 1400. The van der Waals surface area contributed by atoms with Crippen molar-refractivity contribution in [3.8, 4) is 17.5 Å². The molecule has 1 aromatic heterocycles. The van der Waals surface area contributed by atoms with Crippen molar-refractivity contribution >= 4 is 39.1 Å². The first kappa shape index (κ1) is 25.8. The van der Waals surface area contributed by atoms with Gasteiger partial charge in [0.15, 0.2) is 0 Å². The normalized spacial score (nSPS) is 11.3. The van der Waals surface area contributed by atoms with Crippen LogP contribution in [0.4, 0.5) is 11.4 Å². The highest BCUT2D eigenvalue weighted by Gasteiger charge is 2.23. The van der Waals surface area contributed by atoms with Gasteiger partial charge in [0.1, 0.15) is 6.07 Å². The molecule has 0 aliphatic heterocycles. The molecule has 0 fully saturated rings. The number of sulfonamides is 1. The van der Waals surface area contributed by atoms with Crippen molar-refractivity contribution in [1.82, 2.24) is 14.5 Å². The zero-order valence-corrected chi connectivity index (χ0v) is 20.3. The van der Waals surface area contributed by atoms with Crippen molar-refractivity contribution in [2.24, 2.45) is 0 Å². The molecule has 0 bridgehead atoms. The topological polar surface area (TPSA) is 172 Å². The number of nitro benzene ring substituents is 1. The molecule has 0 atom stereocenters. The summed E-state index contributed by atoms with van der Waals surface area (Å²) in [6.45, 7) is 4.18. The Kier molecular flexibility index (Phi) is 8.18. The van der Waals surface area contributed by atoms with Crippen molar-refractivity contribution in [3.63, 3.8) is 0 Å². The molecule has 182 valence electrons. The highest BCUT2D eigenvalue weighted by molar-refractivity contribution is 7.99. The van der Waals surface area contributed by atoms with E-state index < -0.39 is 20.9 Å². The van der Waals surface area contributed by atoms with E-state index in [4.69, 9.17) is 4.42 Å². The van der Waals surface area contributed by atoms with Crippen LogP contribution < -0.4 is 5.32 Å². The number of hydrogen-bond acceptors (Lipinski definition) is 10. The molecule has 14 heteroatoms. The number of benzene rings is 2. The second kappa shape index (κ2) is 11.1. The van der Waals surface area contributed by atoms with Crippen molar-refractivity contribution in [3.05, 3.63) is 58.1 Å². The summed E-state index contributed by atoms with van der Waals surface area (Å²) < 4.78 is 32.4. The molecule has 0 saturated carbocycles. The van der Waals surface area contributed by atoms with Crippen LogP contribution in [0.15, 0.2) is 57.0 Å². The van der Waals surface area contributed by atoms with Gasteiger partial charge < -0.3 is 9.73 Å². The lowest BCUT2D eigenvalue weighted by molar-refractivity contribution is -0.384. The summed E-state index contributed by atoms with van der Waals surface area (Å²) in [5, 5.41) is 30.4. The molecule has 0 spiro atoms. The van der Waals surface area contributed by atoms with Gasteiger partial charge in [-0.05, 0) is 24.3 Å². The smallest absolute Gasteiger partial charge is 0.277 e. The summed E-state index contributed by atoms with van der Waals surface area (Å²) in [6.07, 6.45) is 0. The molecule has 12 nitrogen and oxygen atoms in total. The number of carbonyl (C=O) groups excluding carboxylic acids is 1. The first-order valence-corrected chi connectivity index (χ1v) is 12.7. The van der Waals surface area contributed by atoms with Gasteiger partial charge in [0, 0.05) is 30.8 Å². The van der Waals surface area contributed by atoms with E-state index in [2.05, 4.69) is 15.5 Å². The number of rotatable bonds is 10. The predicted molar refractivity (Wildman–Crippen MR) is 127 cm³/mol. The number of non-ortho nitro benzene ring substituents is 1. The molecule has 3 aromatic rings. The second-order valence-corrected chi connectivity index (χ2v) is 9.79. The Labute approximate surface area is 205 Å². The van der Waals surface area contributed by atoms with E-state index in [9.17, 15) is 28.6 Å².